The SMILES string of the molecule is O=C(c1ccc(OC2CCN(CCc3ccccc3)CC2)cc1)N1CCCC[C@@H]1CCCO. The van der Waals surface area contributed by atoms with E-state index in [0.717, 1.165) is 88.9 Å². The van der Waals surface area contributed by atoms with E-state index >= 15 is 0 Å². The number of aliphatic hydroxyl groups is 1. The lowest BCUT2D eigenvalue weighted by molar-refractivity contribution is 0.0590. The molecule has 5 heteroatoms. The lowest BCUT2D eigenvalue weighted by atomic mass is 9.97. The largest absolute Gasteiger partial charge is 0.490 e. The molecule has 2 heterocycles. The van der Waals surface area contributed by atoms with Crippen LogP contribution in [0.25, 0.3) is 0 Å². The minimum Gasteiger partial charge on any atom is -0.490 e. The molecule has 2 aliphatic rings. The van der Waals surface area contributed by atoms with Crippen molar-refractivity contribution in [1.82, 2.24) is 9.80 Å². The summed E-state index contributed by atoms with van der Waals surface area (Å²) in [6.45, 7) is 4.24. The Labute approximate surface area is 198 Å². The summed E-state index contributed by atoms with van der Waals surface area (Å²) in [7, 11) is 0. The van der Waals surface area contributed by atoms with Gasteiger partial charge < -0.3 is 19.6 Å². The molecule has 1 N–H and O–H groups in total. The van der Waals surface area contributed by atoms with Gasteiger partial charge in [-0.15, -0.1) is 0 Å². The minimum absolute atomic E-state index is 0.107. The molecule has 0 unspecified atom stereocenters. The molecule has 5 nitrogen and oxygen atoms in total. The summed E-state index contributed by atoms with van der Waals surface area (Å²) in [4.78, 5) is 17.6. The van der Waals surface area contributed by atoms with Crippen LogP contribution in [0.5, 0.6) is 5.75 Å². The second kappa shape index (κ2) is 12.2. The zero-order valence-corrected chi connectivity index (χ0v) is 19.7. The van der Waals surface area contributed by atoms with Crippen molar-refractivity contribution in [3.63, 3.8) is 0 Å². The standard InChI is InChI=1S/C28H38N2O3/c31-22-6-10-25-9-4-5-18-30(25)28(32)24-11-13-26(14-12-24)33-27-16-20-29(21-17-27)19-15-23-7-2-1-3-8-23/h1-3,7-8,11-14,25,27,31H,4-6,9-10,15-22H2/t25-/m1/s1. The van der Waals surface area contributed by atoms with Crippen LogP contribution >= 0.6 is 0 Å². The van der Waals surface area contributed by atoms with Gasteiger partial charge in [0.1, 0.15) is 11.9 Å². The number of benzene rings is 2. The molecule has 0 saturated carbocycles. The van der Waals surface area contributed by atoms with Crippen molar-refractivity contribution in [1.29, 1.82) is 0 Å². The lowest BCUT2D eigenvalue weighted by Gasteiger charge is -2.36. The Hall–Kier alpha value is -2.37. The van der Waals surface area contributed by atoms with Gasteiger partial charge in [0.2, 0.25) is 0 Å². The normalized spacial score (nSPS) is 20.0. The van der Waals surface area contributed by atoms with E-state index in [4.69, 9.17) is 4.74 Å². The summed E-state index contributed by atoms with van der Waals surface area (Å²) in [5.74, 6) is 0.959. The van der Waals surface area contributed by atoms with Gasteiger partial charge >= 0.3 is 0 Å². The number of likely N-dealkylation sites (tertiary alicyclic amines) is 2. The zero-order valence-electron chi connectivity index (χ0n) is 19.7. The number of hydrogen-bond donors (Lipinski definition) is 1. The van der Waals surface area contributed by atoms with Gasteiger partial charge in [0.15, 0.2) is 0 Å². The Morgan fingerprint density at radius 2 is 1.70 bits per heavy atom. The highest BCUT2D eigenvalue weighted by atomic mass is 16.5. The highest BCUT2D eigenvalue weighted by Gasteiger charge is 2.27. The maximum Gasteiger partial charge on any atom is 0.254 e. The van der Waals surface area contributed by atoms with E-state index in [1.165, 1.54) is 5.56 Å². The van der Waals surface area contributed by atoms with E-state index in [2.05, 4.69) is 35.2 Å². The number of aliphatic hydroxyl groups excluding tert-OH is 1. The molecule has 0 bridgehead atoms. The molecule has 0 spiro atoms. The fourth-order valence-electron chi connectivity index (χ4n) is 5.11. The molecule has 2 aromatic carbocycles. The van der Waals surface area contributed by atoms with Crippen LogP contribution in [-0.2, 0) is 6.42 Å². The van der Waals surface area contributed by atoms with E-state index in [-0.39, 0.29) is 24.7 Å². The van der Waals surface area contributed by atoms with Crippen molar-refractivity contribution in [2.24, 2.45) is 0 Å². The van der Waals surface area contributed by atoms with Gasteiger partial charge in [0, 0.05) is 44.4 Å². The molecule has 2 saturated heterocycles. The maximum absolute atomic E-state index is 13.1. The Balaban J connectivity index is 1.24. The van der Waals surface area contributed by atoms with Crippen LogP contribution in [0.15, 0.2) is 54.6 Å². The molecular weight excluding hydrogens is 412 g/mol. The summed E-state index contributed by atoms with van der Waals surface area (Å²) in [6.07, 6.45) is 8.32. The lowest BCUT2D eigenvalue weighted by Crippen LogP contribution is -2.43. The van der Waals surface area contributed by atoms with Gasteiger partial charge in [-0.25, -0.2) is 0 Å². The van der Waals surface area contributed by atoms with Crippen molar-refractivity contribution >= 4 is 5.91 Å². The quantitative estimate of drug-likeness (QED) is 0.609. The van der Waals surface area contributed by atoms with Crippen molar-refractivity contribution in [3.05, 3.63) is 65.7 Å². The zero-order chi connectivity index (χ0) is 22.9. The minimum atomic E-state index is 0.107. The molecule has 33 heavy (non-hydrogen) atoms. The second-order valence-electron chi connectivity index (χ2n) is 9.43. The van der Waals surface area contributed by atoms with E-state index in [1.807, 2.05) is 29.2 Å². The number of ether oxygens (including phenoxy) is 1. The Morgan fingerprint density at radius 1 is 0.939 bits per heavy atom. The predicted molar refractivity (Wildman–Crippen MR) is 132 cm³/mol. The number of amides is 1. The first kappa shape index (κ1) is 23.8. The number of carbonyl (C=O) groups is 1. The highest BCUT2D eigenvalue weighted by molar-refractivity contribution is 5.94. The van der Waals surface area contributed by atoms with Crippen LogP contribution in [-0.4, -0.2) is 65.7 Å². The van der Waals surface area contributed by atoms with E-state index in [9.17, 15) is 9.90 Å². The van der Waals surface area contributed by atoms with E-state index in [1.54, 1.807) is 0 Å². The number of nitrogens with zero attached hydrogens (tertiary/aromatic N) is 2. The third-order valence-corrected chi connectivity index (χ3v) is 7.08. The summed E-state index contributed by atoms with van der Waals surface area (Å²) in [6, 6.07) is 18.6. The summed E-state index contributed by atoms with van der Waals surface area (Å²) >= 11 is 0. The number of hydrogen-bond acceptors (Lipinski definition) is 4. The second-order valence-corrected chi connectivity index (χ2v) is 9.43. The highest BCUT2D eigenvalue weighted by Crippen LogP contribution is 2.25. The predicted octanol–water partition coefficient (Wildman–Crippen LogP) is 4.54. The smallest absolute Gasteiger partial charge is 0.254 e. The van der Waals surface area contributed by atoms with E-state index in [0.29, 0.717) is 0 Å². The third kappa shape index (κ3) is 6.81. The third-order valence-electron chi connectivity index (χ3n) is 7.08. The van der Waals surface area contributed by atoms with Crippen LogP contribution in [0.1, 0.15) is 60.9 Å². The molecule has 0 aliphatic carbocycles. The molecule has 1 amide bonds. The monoisotopic (exact) mass is 450 g/mol. The van der Waals surface area contributed by atoms with Gasteiger partial charge in [-0.3, -0.25) is 4.79 Å². The average molecular weight is 451 g/mol. The maximum atomic E-state index is 13.1. The molecular formula is C28H38N2O3. The molecule has 2 aromatic rings. The first-order chi connectivity index (χ1) is 16.2. The number of rotatable bonds is 9. The van der Waals surface area contributed by atoms with Gasteiger partial charge in [-0.1, -0.05) is 30.3 Å². The Bertz CT molecular complexity index is 847. The molecule has 0 radical (unpaired) electrons. The molecule has 2 fully saturated rings. The number of piperidine rings is 2. The van der Waals surface area contributed by atoms with Crippen molar-refractivity contribution in [2.75, 3.05) is 32.8 Å². The fourth-order valence-corrected chi connectivity index (χ4v) is 5.11. The first-order valence-corrected chi connectivity index (χ1v) is 12.7. The van der Waals surface area contributed by atoms with Gasteiger partial charge in [0.05, 0.1) is 0 Å². The fraction of sp³-hybridized carbons (Fsp3) is 0.536. The van der Waals surface area contributed by atoms with Crippen LogP contribution in [0, 0.1) is 0 Å². The van der Waals surface area contributed by atoms with Gasteiger partial charge in [0.25, 0.3) is 5.91 Å². The summed E-state index contributed by atoms with van der Waals surface area (Å²) < 4.78 is 6.24. The van der Waals surface area contributed by atoms with Crippen LogP contribution in [0.4, 0.5) is 0 Å². The molecule has 1 atom stereocenters. The molecule has 0 aromatic heterocycles. The molecule has 2 aliphatic heterocycles. The van der Waals surface area contributed by atoms with Gasteiger partial charge in [-0.2, -0.15) is 0 Å². The molecule has 178 valence electrons. The summed E-state index contributed by atoms with van der Waals surface area (Å²) in [5, 5.41) is 9.17. The van der Waals surface area contributed by atoms with Crippen LogP contribution in [0.2, 0.25) is 0 Å². The van der Waals surface area contributed by atoms with Crippen LogP contribution < -0.4 is 4.74 Å². The number of carbonyl (C=O) groups excluding carboxylic acids is 1. The Morgan fingerprint density at radius 3 is 2.42 bits per heavy atom. The Kier molecular flexibility index (Phi) is 8.79. The van der Waals surface area contributed by atoms with E-state index < -0.39 is 0 Å². The van der Waals surface area contributed by atoms with Crippen molar-refractivity contribution in [2.45, 2.75) is 63.5 Å². The molecule has 4 rings (SSSR count). The first-order valence-electron chi connectivity index (χ1n) is 12.7. The summed E-state index contributed by atoms with van der Waals surface area (Å²) in [5.41, 5.74) is 2.13. The van der Waals surface area contributed by atoms with Crippen molar-refractivity contribution in [3.8, 4) is 5.75 Å². The average Bonchev–Trinajstić information content (AvgIpc) is 2.88. The van der Waals surface area contributed by atoms with Crippen molar-refractivity contribution < 1.29 is 14.6 Å². The van der Waals surface area contributed by atoms with Crippen LogP contribution in [0.3, 0.4) is 0 Å². The van der Waals surface area contributed by atoms with Gasteiger partial charge in [-0.05, 0) is 81.2 Å². The topological polar surface area (TPSA) is 53.0 Å².